The van der Waals surface area contributed by atoms with Crippen molar-refractivity contribution in [3.63, 3.8) is 0 Å². The molecule has 0 bridgehead atoms. The van der Waals surface area contributed by atoms with E-state index < -0.39 is 0 Å². The highest BCUT2D eigenvalue weighted by atomic mass is 16.5. The van der Waals surface area contributed by atoms with Crippen LogP contribution in [-0.2, 0) is 4.79 Å². The Bertz CT molecular complexity index is 337. The monoisotopic (exact) mass is 194 g/mol. The molecule has 4 heteroatoms. The third-order valence-corrected chi connectivity index (χ3v) is 1.82. The second kappa shape index (κ2) is 4.62. The molecule has 0 spiro atoms. The Labute approximate surface area is 83.1 Å². The van der Waals surface area contributed by atoms with Crippen molar-refractivity contribution in [2.24, 2.45) is 5.73 Å². The van der Waals surface area contributed by atoms with Crippen LogP contribution in [-0.4, -0.2) is 19.6 Å². The number of rotatable bonds is 3. The first-order valence-corrected chi connectivity index (χ1v) is 4.32. The van der Waals surface area contributed by atoms with Gasteiger partial charge in [0.15, 0.2) is 0 Å². The number of ether oxygens (including phenoxy) is 1. The van der Waals surface area contributed by atoms with Gasteiger partial charge in [-0.25, -0.2) is 0 Å². The number of benzene rings is 1. The Morgan fingerprint density at radius 3 is 2.86 bits per heavy atom. The minimum Gasteiger partial charge on any atom is -0.495 e. The summed E-state index contributed by atoms with van der Waals surface area (Å²) in [6.07, 6.45) is 0. The van der Waals surface area contributed by atoms with E-state index in [-0.39, 0.29) is 12.5 Å². The van der Waals surface area contributed by atoms with Gasteiger partial charge in [0.2, 0.25) is 5.91 Å². The lowest BCUT2D eigenvalue weighted by molar-refractivity contribution is -0.114. The predicted octanol–water partition coefficient (Wildman–Crippen LogP) is 0.901. The first kappa shape index (κ1) is 10.5. The van der Waals surface area contributed by atoms with E-state index in [1.165, 1.54) is 0 Å². The Morgan fingerprint density at radius 2 is 2.29 bits per heavy atom. The lowest BCUT2D eigenvalue weighted by atomic mass is 10.2. The first-order valence-electron chi connectivity index (χ1n) is 4.32. The van der Waals surface area contributed by atoms with Crippen LogP contribution in [0.3, 0.4) is 0 Å². The number of carbonyl (C=O) groups excluding carboxylic acids is 1. The fourth-order valence-electron chi connectivity index (χ4n) is 1.10. The molecule has 1 aromatic carbocycles. The van der Waals surface area contributed by atoms with Gasteiger partial charge in [0, 0.05) is 0 Å². The van der Waals surface area contributed by atoms with Crippen LogP contribution in [0.1, 0.15) is 5.56 Å². The van der Waals surface area contributed by atoms with Gasteiger partial charge in [-0.3, -0.25) is 4.79 Å². The van der Waals surface area contributed by atoms with Gasteiger partial charge in [0.25, 0.3) is 0 Å². The number of aryl methyl sites for hydroxylation is 1. The largest absolute Gasteiger partial charge is 0.495 e. The number of hydrogen-bond donors (Lipinski definition) is 2. The summed E-state index contributed by atoms with van der Waals surface area (Å²) >= 11 is 0. The molecule has 0 saturated heterocycles. The van der Waals surface area contributed by atoms with Crippen LogP contribution in [0.15, 0.2) is 18.2 Å². The van der Waals surface area contributed by atoms with Crippen molar-refractivity contribution in [3.8, 4) is 5.75 Å². The van der Waals surface area contributed by atoms with Gasteiger partial charge < -0.3 is 15.8 Å². The molecule has 1 rings (SSSR count). The molecule has 0 saturated carbocycles. The summed E-state index contributed by atoms with van der Waals surface area (Å²) in [7, 11) is 1.56. The minimum atomic E-state index is -0.229. The average molecular weight is 194 g/mol. The van der Waals surface area contributed by atoms with Crippen LogP contribution >= 0.6 is 0 Å². The first-order chi connectivity index (χ1) is 6.67. The summed E-state index contributed by atoms with van der Waals surface area (Å²) < 4.78 is 5.12. The van der Waals surface area contributed by atoms with Crippen LogP contribution < -0.4 is 15.8 Å². The van der Waals surface area contributed by atoms with Crippen LogP contribution in [0.4, 0.5) is 5.69 Å². The molecule has 4 nitrogen and oxygen atoms in total. The highest BCUT2D eigenvalue weighted by molar-refractivity contribution is 5.93. The van der Waals surface area contributed by atoms with Crippen molar-refractivity contribution in [2.75, 3.05) is 19.0 Å². The molecule has 1 aromatic rings. The topological polar surface area (TPSA) is 64.3 Å². The van der Waals surface area contributed by atoms with E-state index in [9.17, 15) is 4.79 Å². The van der Waals surface area contributed by atoms with Crippen LogP contribution in [0.2, 0.25) is 0 Å². The highest BCUT2D eigenvalue weighted by Crippen LogP contribution is 2.24. The van der Waals surface area contributed by atoms with Gasteiger partial charge in [-0.2, -0.15) is 0 Å². The highest BCUT2D eigenvalue weighted by Gasteiger charge is 2.05. The van der Waals surface area contributed by atoms with Crippen LogP contribution in [0.25, 0.3) is 0 Å². The molecule has 0 fully saturated rings. The number of carbonyl (C=O) groups is 1. The molecule has 0 unspecified atom stereocenters. The molecule has 0 heterocycles. The molecule has 1 amide bonds. The Morgan fingerprint density at radius 1 is 1.57 bits per heavy atom. The van der Waals surface area contributed by atoms with E-state index in [0.29, 0.717) is 11.4 Å². The van der Waals surface area contributed by atoms with Crippen LogP contribution in [0, 0.1) is 6.92 Å². The molecule has 0 aromatic heterocycles. The zero-order valence-electron chi connectivity index (χ0n) is 8.33. The maximum Gasteiger partial charge on any atom is 0.238 e. The molecule has 3 N–H and O–H groups in total. The second-order valence-corrected chi connectivity index (χ2v) is 2.96. The quantitative estimate of drug-likeness (QED) is 0.751. The molecule has 0 aliphatic heterocycles. The standard InChI is InChI=1S/C10H14N2O2/c1-7-3-4-8(9(5-7)14-2)12-10(13)6-11/h3-5H,6,11H2,1-2H3,(H,12,13). The number of methoxy groups -OCH3 is 1. The van der Waals surface area contributed by atoms with E-state index in [0.717, 1.165) is 5.56 Å². The van der Waals surface area contributed by atoms with Crippen molar-refractivity contribution in [1.82, 2.24) is 0 Å². The van der Waals surface area contributed by atoms with Crippen molar-refractivity contribution >= 4 is 11.6 Å². The average Bonchev–Trinajstić information content (AvgIpc) is 2.20. The summed E-state index contributed by atoms with van der Waals surface area (Å²) in [4.78, 5) is 11.0. The van der Waals surface area contributed by atoms with Gasteiger partial charge >= 0.3 is 0 Å². The van der Waals surface area contributed by atoms with Gasteiger partial charge in [-0.05, 0) is 24.6 Å². The number of hydrogen-bond acceptors (Lipinski definition) is 3. The summed E-state index contributed by atoms with van der Waals surface area (Å²) in [6.45, 7) is 1.92. The molecule has 0 radical (unpaired) electrons. The van der Waals surface area contributed by atoms with E-state index in [1.807, 2.05) is 19.1 Å². The smallest absolute Gasteiger partial charge is 0.238 e. The van der Waals surface area contributed by atoms with Crippen molar-refractivity contribution < 1.29 is 9.53 Å². The lowest BCUT2D eigenvalue weighted by Gasteiger charge is -2.09. The molecular formula is C10H14N2O2. The van der Waals surface area contributed by atoms with Crippen molar-refractivity contribution in [2.45, 2.75) is 6.92 Å². The predicted molar refractivity (Wildman–Crippen MR) is 55.4 cm³/mol. The maximum absolute atomic E-state index is 11.0. The third-order valence-electron chi connectivity index (χ3n) is 1.82. The summed E-state index contributed by atoms with van der Waals surface area (Å²) in [6, 6.07) is 5.54. The zero-order chi connectivity index (χ0) is 10.6. The van der Waals surface area contributed by atoms with Crippen molar-refractivity contribution in [3.05, 3.63) is 23.8 Å². The Kier molecular flexibility index (Phi) is 3.48. The molecule has 76 valence electrons. The van der Waals surface area contributed by atoms with E-state index in [4.69, 9.17) is 10.5 Å². The van der Waals surface area contributed by atoms with Crippen molar-refractivity contribution in [1.29, 1.82) is 0 Å². The van der Waals surface area contributed by atoms with Gasteiger partial charge in [-0.15, -0.1) is 0 Å². The van der Waals surface area contributed by atoms with E-state index >= 15 is 0 Å². The fraction of sp³-hybridized carbons (Fsp3) is 0.300. The number of amides is 1. The summed E-state index contributed by atoms with van der Waals surface area (Å²) in [5, 5.41) is 2.65. The van der Waals surface area contributed by atoms with E-state index in [1.54, 1.807) is 13.2 Å². The molecule has 0 aliphatic rings. The Hall–Kier alpha value is -1.55. The fourth-order valence-corrected chi connectivity index (χ4v) is 1.10. The van der Waals surface area contributed by atoms with Crippen LogP contribution in [0.5, 0.6) is 5.75 Å². The normalized spacial score (nSPS) is 9.64. The summed E-state index contributed by atoms with van der Waals surface area (Å²) in [5.41, 5.74) is 6.91. The van der Waals surface area contributed by atoms with Gasteiger partial charge in [0.1, 0.15) is 5.75 Å². The SMILES string of the molecule is COc1cc(C)ccc1NC(=O)CN. The summed E-state index contributed by atoms with van der Waals surface area (Å²) in [5.74, 6) is 0.416. The lowest BCUT2D eigenvalue weighted by Crippen LogP contribution is -2.22. The number of nitrogens with one attached hydrogen (secondary N) is 1. The Balaban J connectivity index is 2.90. The molecular weight excluding hydrogens is 180 g/mol. The molecule has 0 atom stereocenters. The maximum atomic E-state index is 11.0. The van der Waals surface area contributed by atoms with Gasteiger partial charge in [0.05, 0.1) is 19.3 Å². The zero-order valence-corrected chi connectivity index (χ0v) is 8.33. The van der Waals surface area contributed by atoms with Gasteiger partial charge in [-0.1, -0.05) is 6.07 Å². The number of anilines is 1. The molecule has 14 heavy (non-hydrogen) atoms. The second-order valence-electron chi connectivity index (χ2n) is 2.96. The molecule has 0 aliphatic carbocycles. The number of nitrogens with two attached hydrogens (primary N) is 1. The van der Waals surface area contributed by atoms with E-state index in [2.05, 4.69) is 5.32 Å². The third kappa shape index (κ3) is 2.47. The minimum absolute atomic E-state index is 0.0307.